The van der Waals surface area contributed by atoms with Crippen LogP contribution in [0.15, 0.2) is 24.4 Å². The maximum atomic E-state index is 6.37. The van der Waals surface area contributed by atoms with Gasteiger partial charge in [0.05, 0.1) is 10.5 Å². The lowest BCUT2D eigenvalue weighted by Crippen LogP contribution is -2.18. The summed E-state index contributed by atoms with van der Waals surface area (Å²) in [6, 6.07) is 6.83. The van der Waals surface area contributed by atoms with Crippen molar-refractivity contribution in [3.8, 4) is 0 Å². The van der Waals surface area contributed by atoms with E-state index in [1.807, 2.05) is 12.1 Å². The van der Waals surface area contributed by atoms with E-state index in [0.29, 0.717) is 6.04 Å². The molecule has 4 rings (SSSR count). The Morgan fingerprint density at radius 3 is 2.71 bits per heavy atom. The van der Waals surface area contributed by atoms with Gasteiger partial charge in [0, 0.05) is 23.2 Å². The average molecular weight is 247 g/mol. The molecule has 2 saturated carbocycles. The van der Waals surface area contributed by atoms with E-state index >= 15 is 0 Å². The predicted molar refractivity (Wildman–Crippen MR) is 70.3 cm³/mol. The van der Waals surface area contributed by atoms with Crippen molar-refractivity contribution in [2.24, 2.45) is 5.73 Å². The first-order valence-corrected chi connectivity index (χ1v) is 6.65. The van der Waals surface area contributed by atoms with Crippen molar-refractivity contribution >= 4 is 22.5 Å². The van der Waals surface area contributed by atoms with Crippen LogP contribution in [0.5, 0.6) is 0 Å². The van der Waals surface area contributed by atoms with Gasteiger partial charge in [-0.25, -0.2) is 0 Å². The van der Waals surface area contributed by atoms with Crippen LogP contribution in [0.1, 0.15) is 37.3 Å². The monoisotopic (exact) mass is 246 g/mol. The molecule has 0 radical (unpaired) electrons. The number of aromatic nitrogens is 1. The van der Waals surface area contributed by atoms with Gasteiger partial charge in [-0.05, 0) is 43.4 Å². The zero-order chi connectivity index (χ0) is 11.6. The SMILES string of the molecule is NC1(c2cn(C3CC3)c3cccc(Cl)c23)CC1. The minimum absolute atomic E-state index is 0.108. The van der Waals surface area contributed by atoms with Crippen LogP contribution < -0.4 is 5.73 Å². The normalized spacial score (nSPS) is 22.0. The molecule has 2 fully saturated rings. The number of hydrogen-bond acceptors (Lipinski definition) is 1. The lowest BCUT2D eigenvalue weighted by Gasteiger charge is -2.07. The van der Waals surface area contributed by atoms with Crippen molar-refractivity contribution in [1.82, 2.24) is 4.57 Å². The van der Waals surface area contributed by atoms with Crippen molar-refractivity contribution in [2.45, 2.75) is 37.3 Å². The van der Waals surface area contributed by atoms with Crippen molar-refractivity contribution in [1.29, 1.82) is 0 Å². The molecule has 0 bridgehead atoms. The van der Waals surface area contributed by atoms with Gasteiger partial charge in [0.2, 0.25) is 0 Å². The molecule has 0 aliphatic heterocycles. The fourth-order valence-electron chi connectivity index (χ4n) is 2.70. The van der Waals surface area contributed by atoms with E-state index in [4.69, 9.17) is 17.3 Å². The van der Waals surface area contributed by atoms with E-state index in [1.165, 1.54) is 29.3 Å². The first-order valence-electron chi connectivity index (χ1n) is 6.27. The van der Waals surface area contributed by atoms with Crippen LogP contribution in [0.2, 0.25) is 5.02 Å². The molecule has 0 spiro atoms. The number of halogens is 1. The van der Waals surface area contributed by atoms with Gasteiger partial charge in [-0.2, -0.15) is 0 Å². The summed E-state index contributed by atoms with van der Waals surface area (Å²) < 4.78 is 2.38. The van der Waals surface area contributed by atoms with Gasteiger partial charge in [0.1, 0.15) is 0 Å². The highest BCUT2D eigenvalue weighted by molar-refractivity contribution is 6.35. The third-order valence-corrected chi connectivity index (χ3v) is 4.39. The van der Waals surface area contributed by atoms with E-state index < -0.39 is 0 Å². The second kappa shape index (κ2) is 3.06. The van der Waals surface area contributed by atoms with Crippen molar-refractivity contribution in [3.05, 3.63) is 35.0 Å². The number of rotatable bonds is 2. The zero-order valence-electron chi connectivity index (χ0n) is 9.62. The summed E-state index contributed by atoms with van der Waals surface area (Å²) in [5, 5.41) is 2.02. The number of nitrogens with zero attached hydrogens (tertiary/aromatic N) is 1. The lowest BCUT2D eigenvalue weighted by atomic mass is 10.1. The summed E-state index contributed by atoms with van der Waals surface area (Å²) in [6.45, 7) is 0. The molecule has 0 unspecified atom stereocenters. The zero-order valence-corrected chi connectivity index (χ0v) is 10.4. The van der Waals surface area contributed by atoms with Gasteiger partial charge < -0.3 is 10.3 Å². The van der Waals surface area contributed by atoms with Crippen LogP contribution in [0, 0.1) is 0 Å². The van der Waals surface area contributed by atoms with Crippen LogP contribution in [-0.2, 0) is 5.54 Å². The first-order chi connectivity index (χ1) is 8.19. The molecule has 3 heteroatoms. The third-order valence-electron chi connectivity index (χ3n) is 4.07. The van der Waals surface area contributed by atoms with Gasteiger partial charge in [-0.3, -0.25) is 0 Å². The molecule has 1 aromatic carbocycles. The van der Waals surface area contributed by atoms with Gasteiger partial charge in [-0.1, -0.05) is 17.7 Å². The highest BCUT2D eigenvalue weighted by Gasteiger charge is 2.43. The molecule has 2 N–H and O–H groups in total. The van der Waals surface area contributed by atoms with E-state index in [0.717, 1.165) is 17.9 Å². The molecule has 0 atom stereocenters. The molecule has 2 nitrogen and oxygen atoms in total. The molecule has 2 aliphatic rings. The van der Waals surface area contributed by atoms with Crippen LogP contribution >= 0.6 is 11.6 Å². The number of benzene rings is 1. The summed E-state index contributed by atoms with van der Waals surface area (Å²) in [4.78, 5) is 0. The summed E-state index contributed by atoms with van der Waals surface area (Å²) in [7, 11) is 0. The first kappa shape index (κ1) is 9.98. The Morgan fingerprint density at radius 2 is 2.06 bits per heavy atom. The third kappa shape index (κ3) is 1.37. The standard InChI is InChI=1S/C14H15ClN2/c15-11-2-1-3-12-13(11)10(14(16)6-7-14)8-17(12)9-4-5-9/h1-3,8-9H,4-7,16H2. The highest BCUT2D eigenvalue weighted by Crippen LogP contribution is 2.49. The van der Waals surface area contributed by atoms with Crippen molar-refractivity contribution in [2.75, 3.05) is 0 Å². The van der Waals surface area contributed by atoms with Crippen LogP contribution in [-0.4, -0.2) is 4.57 Å². The fraction of sp³-hybridized carbons (Fsp3) is 0.429. The summed E-state index contributed by atoms with van der Waals surface area (Å²) >= 11 is 6.37. The summed E-state index contributed by atoms with van der Waals surface area (Å²) in [5.41, 5.74) is 8.77. The highest BCUT2D eigenvalue weighted by atomic mass is 35.5. The smallest absolute Gasteiger partial charge is 0.0503 e. The number of hydrogen-bond donors (Lipinski definition) is 1. The van der Waals surface area contributed by atoms with E-state index in [2.05, 4.69) is 16.8 Å². The largest absolute Gasteiger partial charge is 0.344 e. The average Bonchev–Trinajstić information content (AvgIpc) is 3.22. The second-order valence-corrected chi connectivity index (χ2v) is 5.88. The molecule has 1 heterocycles. The summed E-state index contributed by atoms with van der Waals surface area (Å²) in [6.07, 6.45) is 6.99. The molecule has 0 saturated heterocycles. The lowest BCUT2D eigenvalue weighted by molar-refractivity contribution is 0.721. The molecular weight excluding hydrogens is 232 g/mol. The Balaban J connectivity index is 2.05. The Morgan fingerprint density at radius 1 is 1.29 bits per heavy atom. The van der Waals surface area contributed by atoms with E-state index in [9.17, 15) is 0 Å². The topological polar surface area (TPSA) is 30.9 Å². The maximum absolute atomic E-state index is 6.37. The Bertz CT molecular complexity index is 606. The van der Waals surface area contributed by atoms with E-state index in [1.54, 1.807) is 0 Å². The molecular formula is C14H15ClN2. The molecule has 17 heavy (non-hydrogen) atoms. The minimum Gasteiger partial charge on any atom is -0.344 e. The molecule has 88 valence electrons. The van der Waals surface area contributed by atoms with Crippen LogP contribution in [0.25, 0.3) is 10.9 Å². The summed E-state index contributed by atoms with van der Waals surface area (Å²) in [5.74, 6) is 0. The van der Waals surface area contributed by atoms with Crippen LogP contribution in [0.4, 0.5) is 0 Å². The van der Waals surface area contributed by atoms with Crippen LogP contribution in [0.3, 0.4) is 0 Å². The van der Waals surface area contributed by atoms with Crippen molar-refractivity contribution in [3.63, 3.8) is 0 Å². The Hall–Kier alpha value is -0.990. The van der Waals surface area contributed by atoms with Gasteiger partial charge in [-0.15, -0.1) is 0 Å². The molecule has 2 aliphatic carbocycles. The van der Waals surface area contributed by atoms with Crippen molar-refractivity contribution < 1.29 is 0 Å². The minimum atomic E-state index is -0.108. The quantitative estimate of drug-likeness (QED) is 0.863. The van der Waals surface area contributed by atoms with Gasteiger partial charge >= 0.3 is 0 Å². The van der Waals surface area contributed by atoms with Gasteiger partial charge in [0.15, 0.2) is 0 Å². The van der Waals surface area contributed by atoms with Gasteiger partial charge in [0.25, 0.3) is 0 Å². The molecule has 0 amide bonds. The molecule has 1 aromatic heterocycles. The Kier molecular flexibility index (Phi) is 1.80. The number of fused-ring (bicyclic) bond motifs is 1. The maximum Gasteiger partial charge on any atom is 0.0503 e. The fourth-order valence-corrected chi connectivity index (χ4v) is 2.98. The second-order valence-electron chi connectivity index (χ2n) is 5.47. The molecule has 2 aromatic rings. The Labute approximate surface area is 105 Å². The predicted octanol–water partition coefficient (Wildman–Crippen LogP) is 3.58. The van der Waals surface area contributed by atoms with E-state index in [-0.39, 0.29) is 5.54 Å². The number of nitrogens with two attached hydrogens (primary N) is 1.